The Morgan fingerprint density at radius 3 is 2.43 bits per heavy atom. The summed E-state index contributed by atoms with van der Waals surface area (Å²) in [7, 11) is 1.39. The third kappa shape index (κ3) is 3.15. The highest BCUT2D eigenvalue weighted by atomic mass is 32.1. The molecule has 0 bridgehead atoms. The first-order valence-electron chi connectivity index (χ1n) is 6.25. The van der Waals surface area contributed by atoms with Crippen molar-refractivity contribution in [2.75, 3.05) is 7.11 Å². The second-order valence-electron chi connectivity index (χ2n) is 4.21. The zero-order valence-electron chi connectivity index (χ0n) is 11.2. The zero-order chi connectivity index (χ0) is 14.7. The number of esters is 1. The first kappa shape index (κ1) is 14.3. The normalized spacial score (nSPS) is 11.1. The SMILES string of the molecule is COC(=O)C=Cc1cc(-c2cccs2)sc1-c1cccs1. The van der Waals surface area contributed by atoms with Gasteiger partial charge in [-0.15, -0.1) is 34.0 Å². The molecule has 0 saturated heterocycles. The molecule has 0 amide bonds. The molecule has 0 atom stereocenters. The molecule has 3 rings (SSSR count). The molecule has 3 aromatic rings. The number of methoxy groups -OCH3 is 1. The number of carbonyl (C=O) groups excluding carboxylic acids is 1. The molecule has 5 heteroatoms. The average molecular weight is 332 g/mol. The molecule has 3 aromatic heterocycles. The van der Waals surface area contributed by atoms with Crippen LogP contribution in [-0.4, -0.2) is 13.1 Å². The lowest BCUT2D eigenvalue weighted by molar-refractivity contribution is -0.134. The fourth-order valence-electron chi connectivity index (χ4n) is 1.90. The van der Waals surface area contributed by atoms with Gasteiger partial charge in [-0.3, -0.25) is 0 Å². The van der Waals surface area contributed by atoms with Crippen LogP contribution in [0.1, 0.15) is 5.56 Å². The minimum absolute atomic E-state index is 0.337. The van der Waals surface area contributed by atoms with Gasteiger partial charge in [-0.25, -0.2) is 4.79 Å². The van der Waals surface area contributed by atoms with Crippen molar-refractivity contribution in [1.82, 2.24) is 0 Å². The quantitative estimate of drug-likeness (QED) is 0.473. The lowest BCUT2D eigenvalue weighted by Gasteiger charge is -1.95. The largest absolute Gasteiger partial charge is 0.466 e. The summed E-state index contributed by atoms with van der Waals surface area (Å²) in [4.78, 5) is 16.2. The molecule has 3 heterocycles. The summed E-state index contributed by atoms with van der Waals surface area (Å²) in [5.74, 6) is -0.337. The van der Waals surface area contributed by atoms with Gasteiger partial charge >= 0.3 is 5.97 Å². The highest BCUT2D eigenvalue weighted by Crippen LogP contribution is 2.41. The standard InChI is InChI=1S/C16H12O2S3/c1-18-15(17)7-6-11-10-14(12-4-2-8-19-12)21-16(11)13-5-3-9-20-13/h2-10H,1H3. The topological polar surface area (TPSA) is 26.3 Å². The minimum Gasteiger partial charge on any atom is -0.466 e. The van der Waals surface area contributed by atoms with Crippen molar-refractivity contribution in [3.05, 3.63) is 52.7 Å². The molecule has 0 unspecified atom stereocenters. The fraction of sp³-hybridized carbons (Fsp3) is 0.0625. The molecule has 0 radical (unpaired) electrons. The average Bonchev–Trinajstić information content (AvgIpc) is 3.23. The molecular formula is C16H12O2S3. The first-order valence-corrected chi connectivity index (χ1v) is 8.83. The van der Waals surface area contributed by atoms with E-state index >= 15 is 0 Å². The van der Waals surface area contributed by atoms with Crippen LogP contribution in [0.15, 0.2) is 47.2 Å². The van der Waals surface area contributed by atoms with E-state index in [2.05, 4.69) is 39.8 Å². The molecule has 0 aliphatic carbocycles. The number of carbonyl (C=O) groups is 1. The Labute approximate surface area is 135 Å². The second-order valence-corrected chi connectivity index (χ2v) is 7.15. The van der Waals surface area contributed by atoms with E-state index in [1.807, 2.05) is 12.1 Å². The van der Waals surface area contributed by atoms with Crippen molar-refractivity contribution in [3.8, 4) is 19.5 Å². The highest BCUT2D eigenvalue weighted by molar-refractivity contribution is 7.26. The zero-order valence-corrected chi connectivity index (χ0v) is 13.7. The number of rotatable bonds is 4. The van der Waals surface area contributed by atoms with Gasteiger partial charge in [-0.1, -0.05) is 12.1 Å². The summed E-state index contributed by atoms with van der Waals surface area (Å²) >= 11 is 5.18. The number of ether oxygens (including phenoxy) is 1. The van der Waals surface area contributed by atoms with Gasteiger partial charge in [0.05, 0.1) is 12.0 Å². The maximum Gasteiger partial charge on any atom is 0.330 e. The smallest absolute Gasteiger partial charge is 0.330 e. The van der Waals surface area contributed by atoms with Crippen molar-refractivity contribution in [2.24, 2.45) is 0 Å². The molecule has 0 spiro atoms. The molecule has 0 aliphatic heterocycles. The van der Waals surface area contributed by atoms with E-state index < -0.39 is 0 Å². The molecule has 21 heavy (non-hydrogen) atoms. The van der Waals surface area contributed by atoms with Crippen LogP contribution in [0.2, 0.25) is 0 Å². The van der Waals surface area contributed by atoms with Gasteiger partial charge in [-0.2, -0.15) is 0 Å². The van der Waals surface area contributed by atoms with Crippen LogP contribution < -0.4 is 0 Å². The lowest BCUT2D eigenvalue weighted by Crippen LogP contribution is -1.93. The van der Waals surface area contributed by atoms with Gasteiger partial charge < -0.3 is 4.74 Å². The van der Waals surface area contributed by atoms with Gasteiger partial charge in [0.15, 0.2) is 0 Å². The summed E-state index contributed by atoms with van der Waals surface area (Å²) < 4.78 is 4.66. The van der Waals surface area contributed by atoms with E-state index in [0.717, 1.165) is 5.56 Å². The molecule has 0 saturated carbocycles. The third-order valence-electron chi connectivity index (χ3n) is 2.87. The molecule has 0 N–H and O–H groups in total. The van der Waals surface area contributed by atoms with Crippen LogP contribution in [0.5, 0.6) is 0 Å². The van der Waals surface area contributed by atoms with Crippen LogP contribution in [0.4, 0.5) is 0 Å². The van der Waals surface area contributed by atoms with Gasteiger partial charge in [0.2, 0.25) is 0 Å². The maximum absolute atomic E-state index is 11.3. The van der Waals surface area contributed by atoms with Gasteiger partial charge in [-0.05, 0) is 40.6 Å². The van der Waals surface area contributed by atoms with Crippen LogP contribution >= 0.6 is 34.0 Å². The molecular weight excluding hydrogens is 320 g/mol. The van der Waals surface area contributed by atoms with E-state index in [0.29, 0.717) is 0 Å². The molecule has 0 aliphatic rings. The van der Waals surface area contributed by atoms with Gasteiger partial charge in [0, 0.05) is 20.7 Å². The van der Waals surface area contributed by atoms with Crippen molar-refractivity contribution >= 4 is 46.1 Å². The van der Waals surface area contributed by atoms with Crippen LogP contribution in [0.25, 0.3) is 25.6 Å². The third-order valence-corrected chi connectivity index (χ3v) is 6.14. The monoisotopic (exact) mass is 332 g/mol. The number of hydrogen-bond acceptors (Lipinski definition) is 5. The summed E-state index contributed by atoms with van der Waals surface area (Å²) in [5, 5.41) is 4.14. The second kappa shape index (κ2) is 6.39. The Hall–Kier alpha value is -1.69. The highest BCUT2D eigenvalue weighted by Gasteiger charge is 2.12. The Morgan fingerprint density at radius 2 is 1.81 bits per heavy atom. The van der Waals surface area contributed by atoms with E-state index in [-0.39, 0.29) is 5.97 Å². The molecule has 0 aromatic carbocycles. The summed E-state index contributed by atoms with van der Waals surface area (Å²) in [6.07, 6.45) is 3.30. The maximum atomic E-state index is 11.3. The lowest BCUT2D eigenvalue weighted by atomic mass is 10.2. The number of thiophene rings is 3. The summed E-state index contributed by atoms with van der Waals surface area (Å²) in [6.45, 7) is 0. The van der Waals surface area contributed by atoms with Gasteiger partial charge in [0.1, 0.15) is 0 Å². The fourth-order valence-corrected chi connectivity index (χ4v) is 4.74. The molecule has 2 nitrogen and oxygen atoms in total. The molecule has 0 fully saturated rings. The van der Waals surface area contributed by atoms with Crippen molar-refractivity contribution in [1.29, 1.82) is 0 Å². The predicted octanol–water partition coefficient (Wildman–Crippen LogP) is 5.39. The Bertz CT molecular complexity index is 750. The minimum atomic E-state index is -0.337. The van der Waals surface area contributed by atoms with Crippen LogP contribution in [0.3, 0.4) is 0 Å². The van der Waals surface area contributed by atoms with E-state index in [4.69, 9.17) is 0 Å². The Balaban J connectivity index is 2.04. The first-order chi connectivity index (χ1) is 10.3. The predicted molar refractivity (Wildman–Crippen MR) is 92.0 cm³/mol. The van der Waals surface area contributed by atoms with Gasteiger partial charge in [0.25, 0.3) is 0 Å². The van der Waals surface area contributed by atoms with Crippen LogP contribution in [-0.2, 0) is 9.53 Å². The van der Waals surface area contributed by atoms with E-state index in [1.54, 1.807) is 34.0 Å². The number of hydrogen-bond donors (Lipinski definition) is 0. The summed E-state index contributed by atoms with van der Waals surface area (Å²) in [6, 6.07) is 10.4. The Morgan fingerprint density at radius 1 is 1.10 bits per heavy atom. The van der Waals surface area contributed by atoms with Crippen molar-refractivity contribution < 1.29 is 9.53 Å². The van der Waals surface area contributed by atoms with E-state index in [1.165, 1.54) is 32.7 Å². The van der Waals surface area contributed by atoms with Crippen LogP contribution in [0, 0.1) is 0 Å². The van der Waals surface area contributed by atoms with E-state index in [9.17, 15) is 4.79 Å². The van der Waals surface area contributed by atoms with Crippen molar-refractivity contribution in [2.45, 2.75) is 0 Å². The van der Waals surface area contributed by atoms with Crippen molar-refractivity contribution in [3.63, 3.8) is 0 Å². The summed E-state index contributed by atoms with van der Waals surface area (Å²) in [5.41, 5.74) is 1.05. The Kier molecular flexibility index (Phi) is 4.34. The molecule has 106 valence electrons.